The number of benzene rings is 1. The predicted molar refractivity (Wildman–Crippen MR) is 71.4 cm³/mol. The first-order valence-corrected chi connectivity index (χ1v) is 6.88. The van der Waals surface area contributed by atoms with Gasteiger partial charge < -0.3 is 4.57 Å². The van der Waals surface area contributed by atoms with Crippen LogP contribution in [0.1, 0.15) is 42.9 Å². The molecule has 0 N–H and O–H groups in total. The lowest BCUT2D eigenvalue weighted by Gasteiger charge is -2.13. The summed E-state index contributed by atoms with van der Waals surface area (Å²) in [5.74, 6) is 2.30. The quantitative estimate of drug-likeness (QED) is 0.809. The van der Waals surface area contributed by atoms with Crippen LogP contribution in [0, 0.1) is 0 Å². The van der Waals surface area contributed by atoms with Gasteiger partial charge in [0.25, 0.3) is 0 Å². The molecule has 1 aliphatic heterocycles. The molecule has 3 rings (SSSR count). The summed E-state index contributed by atoms with van der Waals surface area (Å²) in [6, 6.07) is 10.5. The van der Waals surface area contributed by atoms with Crippen LogP contribution < -0.4 is 0 Å². The Balaban J connectivity index is 1.84. The first-order valence-electron chi connectivity index (χ1n) is 6.88. The highest BCUT2D eigenvalue weighted by Crippen LogP contribution is 2.16. The van der Waals surface area contributed by atoms with Crippen molar-refractivity contribution in [1.82, 2.24) is 14.8 Å². The molecule has 0 saturated carbocycles. The molecule has 2 aromatic rings. The second-order valence-corrected chi connectivity index (χ2v) is 5.01. The van der Waals surface area contributed by atoms with E-state index in [9.17, 15) is 0 Å². The first-order chi connectivity index (χ1) is 8.93. The van der Waals surface area contributed by atoms with Gasteiger partial charge in [0, 0.05) is 19.4 Å². The van der Waals surface area contributed by atoms with E-state index >= 15 is 0 Å². The number of fused-ring (bicyclic) bond motifs is 1. The smallest absolute Gasteiger partial charge is 0.137 e. The van der Waals surface area contributed by atoms with E-state index in [0.29, 0.717) is 0 Å². The Labute approximate surface area is 108 Å². The summed E-state index contributed by atoms with van der Waals surface area (Å²) < 4.78 is 2.34. The molecule has 0 fully saturated rings. The van der Waals surface area contributed by atoms with Gasteiger partial charge in [-0.1, -0.05) is 43.2 Å². The Hall–Kier alpha value is -1.64. The van der Waals surface area contributed by atoms with E-state index in [0.717, 1.165) is 25.2 Å². The summed E-state index contributed by atoms with van der Waals surface area (Å²) in [5.41, 5.74) is 1.31. The zero-order valence-corrected chi connectivity index (χ0v) is 10.7. The number of aromatic nitrogens is 3. The maximum atomic E-state index is 4.39. The molecule has 3 heteroatoms. The van der Waals surface area contributed by atoms with Crippen molar-refractivity contribution in [2.45, 2.75) is 45.1 Å². The van der Waals surface area contributed by atoms with Gasteiger partial charge in [-0.2, -0.15) is 0 Å². The van der Waals surface area contributed by atoms with E-state index in [2.05, 4.69) is 45.1 Å². The van der Waals surface area contributed by atoms with Crippen LogP contribution in [0.15, 0.2) is 30.3 Å². The van der Waals surface area contributed by atoms with Gasteiger partial charge in [0.1, 0.15) is 11.6 Å². The first kappa shape index (κ1) is 11.5. The maximum Gasteiger partial charge on any atom is 0.137 e. The Kier molecular flexibility index (Phi) is 3.40. The molecule has 0 unspecified atom stereocenters. The zero-order valence-electron chi connectivity index (χ0n) is 10.7. The van der Waals surface area contributed by atoms with Crippen LogP contribution in [-0.2, 0) is 19.4 Å². The fourth-order valence-electron chi connectivity index (χ4n) is 2.63. The van der Waals surface area contributed by atoms with Gasteiger partial charge in [-0.25, -0.2) is 0 Å². The second kappa shape index (κ2) is 5.34. The van der Waals surface area contributed by atoms with Crippen LogP contribution in [-0.4, -0.2) is 14.8 Å². The summed E-state index contributed by atoms with van der Waals surface area (Å²) in [5, 5.41) is 8.76. The van der Waals surface area contributed by atoms with E-state index in [1.54, 1.807) is 0 Å². The molecule has 0 radical (unpaired) electrons. The minimum absolute atomic E-state index is 0.897. The highest BCUT2D eigenvalue weighted by molar-refractivity contribution is 5.19. The fraction of sp³-hybridized carbons (Fsp3) is 0.467. The van der Waals surface area contributed by atoms with Crippen molar-refractivity contribution >= 4 is 0 Å². The highest BCUT2D eigenvalue weighted by Gasteiger charge is 2.13. The van der Waals surface area contributed by atoms with Gasteiger partial charge in [-0.15, -0.1) is 10.2 Å². The lowest BCUT2D eigenvalue weighted by molar-refractivity contribution is 0.507. The molecule has 2 heterocycles. The van der Waals surface area contributed by atoms with Crippen LogP contribution in [0.3, 0.4) is 0 Å². The third-order valence-corrected chi connectivity index (χ3v) is 3.64. The standard InChI is InChI=1S/C15H19N3/c1-2-7-11-18-14(10-6-1)16-17-15(18)12-13-8-4-3-5-9-13/h3-5,8-9H,1-2,6-7,10-12H2. The van der Waals surface area contributed by atoms with Crippen molar-refractivity contribution in [3.8, 4) is 0 Å². The lowest BCUT2D eigenvalue weighted by atomic mass is 10.1. The van der Waals surface area contributed by atoms with Crippen molar-refractivity contribution in [1.29, 1.82) is 0 Å². The minimum atomic E-state index is 0.897. The number of nitrogens with zero attached hydrogens (tertiary/aromatic N) is 3. The summed E-state index contributed by atoms with van der Waals surface area (Å²) in [6.07, 6.45) is 7.16. The molecule has 0 amide bonds. The molecular formula is C15H19N3. The van der Waals surface area contributed by atoms with Gasteiger partial charge in [0.15, 0.2) is 0 Å². The summed E-state index contributed by atoms with van der Waals surface area (Å²) >= 11 is 0. The van der Waals surface area contributed by atoms with Crippen molar-refractivity contribution in [2.75, 3.05) is 0 Å². The molecule has 1 aliphatic rings. The zero-order chi connectivity index (χ0) is 12.2. The number of aryl methyl sites for hydroxylation is 1. The van der Waals surface area contributed by atoms with E-state index in [1.807, 2.05) is 0 Å². The van der Waals surface area contributed by atoms with Crippen LogP contribution in [0.2, 0.25) is 0 Å². The van der Waals surface area contributed by atoms with Crippen LogP contribution in [0.4, 0.5) is 0 Å². The molecule has 0 atom stereocenters. The Morgan fingerprint density at radius 2 is 1.78 bits per heavy atom. The van der Waals surface area contributed by atoms with E-state index in [4.69, 9.17) is 0 Å². The van der Waals surface area contributed by atoms with Gasteiger partial charge in [0.05, 0.1) is 0 Å². The average molecular weight is 241 g/mol. The van der Waals surface area contributed by atoms with Crippen molar-refractivity contribution in [2.24, 2.45) is 0 Å². The molecule has 1 aromatic carbocycles. The van der Waals surface area contributed by atoms with E-state index < -0.39 is 0 Å². The second-order valence-electron chi connectivity index (χ2n) is 5.01. The maximum absolute atomic E-state index is 4.39. The number of rotatable bonds is 2. The number of hydrogen-bond acceptors (Lipinski definition) is 2. The molecule has 94 valence electrons. The van der Waals surface area contributed by atoms with Crippen molar-refractivity contribution in [3.05, 3.63) is 47.5 Å². The van der Waals surface area contributed by atoms with Crippen molar-refractivity contribution in [3.63, 3.8) is 0 Å². The van der Waals surface area contributed by atoms with Gasteiger partial charge >= 0.3 is 0 Å². The van der Waals surface area contributed by atoms with Crippen LogP contribution in [0.5, 0.6) is 0 Å². The Bertz CT molecular complexity index is 502. The lowest BCUT2D eigenvalue weighted by Crippen LogP contribution is -2.11. The molecule has 0 bridgehead atoms. The molecule has 3 nitrogen and oxygen atoms in total. The summed E-state index contributed by atoms with van der Waals surface area (Å²) in [7, 11) is 0. The summed E-state index contributed by atoms with van der Waals surface area (Å²) in [4.78, 5) is 0. The molecule has 1 aromatic heterocycles. The normalized spacial score (nSPS) is 15.8. The molecule has 18 heavy (non-hydrogen) atoms. The van der Waals surface area contributed by atoms with E-state index in [-0.39, 0.29) is 0 Å². The third kappa shape index (κ3) is 2.45. The fourth-order valence-corrected chi connectivity index (χ4v) is 2.63. The topological polar surface area (TPSA) is 30.7 Å². The van der Waals surface area contributed by atoms with E-state index in [1.165, 1.54) is 37.1 Å². The average Bonchev–Trinajstić information content (AvgIpc) is 2.72. The van der Waals surface area contributed by atoms with Gasteiger partial charge in [-0.05, 0) is 18.4 Å². The van der Waals surface area contributed by atoms with Gasteiger partial charge in [-0.3, -0.25) is 0 Å². The Morgan fingerprint density at radius 3 is 2.67 bits per heavy atom. The minimum Gasteiger partial charge on any atom is -0.315 e. The Morgan fingerprint density at radius 1 is 0.944 bits per heavy atom. The highest BCUT2D eigenvalue weighted by atomic mass is 15.3. The largest absolute Gasteiger partial charge is 0.315 e. The van der Waals surface area contributed by atoms with Crippen LogP contribution in [0.25, 0.3) is 0 Å². The molecule has 0 aliphatic carbocycles. The van der Waals surface area contributed by atoms with Crippen LogP contribution >= 0.6 is 0 Å². The number of hydrogen-bond donors (Lipinski definition) is 0. The van der Waals surface area contributed by atoms with Crippen molar-refractivity contribution < 1.29 is 0 Å². The molecule has 0 spiro atoms. The van der Waals surface area contributed by atoms with Gasteiger partial charge in [0.2, 0.25) is 0 Å². The monoisotopic (exact) mass is 241 g/mol. The molecular weight excluding hydrogens is 222 g/mol. The predicted octanol–water partition coefficient (Wildman–Crippen LogP) is 2.99. The SMILES string of the molecule is c1ccc(Cc2nnc3n2CCCCCC3)cc1. The summed E-state index contributed by atoms with van der Waals surface area (Å²) in [6.45, 7) is 1.09. The molecule has 0 saturated heterocycles. The third-order valence-electron chi connectivity index (χ3n) is 3.64.